The Morgan fingerprint density at radius 1 is 1.25 bits per heavy atom. The fourth-order valence-electron chi connectivity index (χ4n) is 2.27. The summed E-state index contributed by atoms with van der Waals surface area (Å²) in [6.07, 6.45) is 4.76. The van der Waals surface area contributed by atoms with Crippen LogP contribution in [0.4, 0.5) is 5.82 Å². The van der Waals surface area contributed by atoms with E-state index in [4.69, 9.17) is 11.6 Å². The summed E-state index contributed by atoms with van der Waals surface area (Å²) in [5.41, 5.74) is 0. The van der Waals surface area contributed by atoms with Gasteiger partial charge >= 0.3 is 0 Å². The van der Waals surface area contributed by atoms with Crippen molar-refractivity contribution in [2.24, 2.45) is 0 Å². The van der Waals surface area contributed by atoms with Crippen LogP contribution in [-0.4, -0.2) is 41.0 Å². The average Bonchev–Trinajstić information content (AvgIpc) is 3.27. The lowest BCUT2D eigenvalue weighted by Gasteiger charge is -2.17. The van der Waals surface area contributed by atoms with Crippen LogP contribution in [-0.2, 0) is 0 Å². The first kappa shape index (κ1) is 15.5. The summed E-state index contributed by atoms with van der Waals surface area (Å²) in [4.78, 5) is 11.3. The fraction of sp³-hybridized carbons (Fsp3) is 0.733. The van der Waals surface area contributed by atoms with Gasteiger partial charge in [0.15, 0.2) is 0 Å². The zero-order valence-corrected chi connectivity index (χ0v) is 13.3. The highest BCUT2D eigenvalue weighted by atomic mass is 35.5. The topological polar surface area (TPSA) is 41.0 Å². The molecule has 0 bridgehead atoms. The minimum atomic E-state index is 0.539. The van der Waals surface area contributed by atoms with Crippen molar-refractivity contribution in [3.05, 3.63) is 17.0 Å². The summed E-state index contributed by atoms with van der Waals surface area (Å²) in [7, 11) is 0. The average molecular weight is 297 g/mol. The maximum absolute atomic E-state index is 6.04. The van der Waals surface area contributed by atoms with E-state index in [0.29, 0.717) is 11.1 Å². The van der Waals surface area contributed by atoms with E-state index in [1.807, 2.05) is 6.07 Å². The van der Waals surface area contributed by atoms with Gasteiger partial charge in [-0.3, -0.25) is 0 Å². The van der Waals surface area contributed by atoms with Crippen molar-refractivity contribution in [1.29, 1.82) is 0 Å². The van der Waals surface area contributed by atoms with E-state index in [1.165, 1.54) is 25.8 Å². The Bertz CT molecular complexity index is 416. The normalized spacial score (nSPS) is 14.8. The van der Waals surface area contributed by atoms with Crippen molar-refractivity contribution in [2.75, 3.05) is 31.5 Å². The molecule has 20 heavy (non-hydrogen) atoms. The molecule has 0 atom stereocenters. The van der Waals surface area contributed by atoms with E-state index in [-0.39, 0.29) is 0 Å². The van der Waals surface area contributed by atoms with Gasteiger partial charge in [-0.2, -0.15) is 0 Å². The molecule has 112 valence electrons. The molecule has 0 aromatic carbocycles. The fourth-order valence-corrected chi connectivity index (χ4v) is 2.46. The Hall–Kier alpha value is -0.870. The van der Waals surface area contributed by atoms with Crippen LogP contribution < -0.4 is 5.32 Å². The van der Waals surface area contributed by atoms with E-state index in [1.54, 1.807) is 0 Å². The zero-order valence-electron chi connectivity index (χ0n) is 12.5. The van der Waals surface area contributed by atoms with Crippen LogP contribution in [0.1, 0.15) is 51.3 Å². The summed E-state index contributed by atoms with van der Waals surface area (Å²) >= 11 is 6.04. The van der Waals surface area contributed by atoms with Crippen molar-refractivity contribution in [2.45, 2.75) is 45.4 Å². The smallest absolute Gasteiger partial charge is 0.135 e. The lowest BCUT2D eigenvalue weighted by atomic mass is 10.3. The monoisotopic (exact) mass is 296 g/mol. The minimum Gasteiger partial charge on any atom is -0.370 e. The number of nitrogens with one attached hydrogen (secondary N) is 1. The van der Waals surface area contributed by atoms with Crippen molar-refractivity contribution in [3.63, 3.8) is 0 Å². The molecular formula is C15H25ClN4. The molecule has 2 rings (SSSR count). The van der Waals surface area contributed by atoms with E-state index >= 15 is 0 Å². The van der Waals surface area contributed by atoms with Crippen LogP contribution in [0.3, 0.4) is 0 Å². The van der Waals surface area contributed by atoms with E-state index in [0.717, 1.165) is 37.7 Å². The van der Waals surface area contributed by atoms with Crippen LogP contribution in [0.5, 0.6) is 0 Å². The maximum Gasteiger partial charge on any atom is 0.135 e. The number of aromatic nitrogens is 2. The minimum absolute atomic E-state index is 0.539. The largest absolute Gasteiger partial charge is 0.370 e. The maximum atomic E-state index is 6.04. The Balaban J connectivity index is 1.71. The van der Waals surface area contributed by atoms with Crippen molar-refractivity contribution >= 4 is 17.4 Å². The van der Waals surface area contributed by atoms with Gasteiger partial charge in [0, 0.05) is 18.5 Å². The number of hydrogen-bond acceptors (Lipinski definition) is 4. The van der Waals surface area contributed by atoms with Gasteiger partial charge in [-0.1, -0.05) is 25.4 Å². The highest BCUT2D eigenvalue weighted by Gasteiger charge is 2.27. The van der Waals surface area contributed by atoms with Gasteiger partial charge in [0.05, 0.1) is 0 Å². The second kappa shape index (κ2) is 7.79. The number of hydrogen-bond donors (Lipinski definition) is 1. The van der Waals surface area contributed by atoms with Crippen LogP contribution >= 0.6 is 11.6 Å². The molecule has 4 nitrogen and oxygen atoms in total. The third-order valence-electron chi connectivity index (χ3n) is 3.76. The Morgan fingerprint density at radius 3 is 2.65 bits per heavy atom. The summed E-state index contributed by atoms with van der Waals surface area (Å²) < 4.78 is 0. The molecule has 1 N–H and O–H groups in total. The molecule has 0 radical (unpaired) electrons. The number of rotatable bonds is 9. The van der Waals surface area contributed by atoms with Gasteiger partial charge in [-0.05, 0) is 45.3 Å². The standard InChI is InChI=1S/C15H25ClN4/c1-3-20(4-2)10-6-5-9-17-14-11-13(16)18-15(19-14)12-7-8-12/h11-12H,3-10H2,1-2H3,(H,17,18,19). The molecule has 0 spiro atoms. The van der Waals surface area contributed by atoms with Crippen LogP contribution in [0.2, 0.25) is 5.15 Å². The zero-order chi connectivity index (χ0) is 14.4. The molecule has 1 fully saturated rings. The third-order valence-corrected chi connectivity index (χ3v) is 3.95. The van der Waals surface area contributed by atoms with E-state index in [9.17, 15) is 0 Å². The van der Waals surface area contributed by atoms with Gasteiger partial charge in [0.1, 0.15) is 16.8 Å². The molecule has 1 aliphatic carbocycles. The Labute approximate surface area is 126 Å². The molecule has 1 aromatic heterocycles. The first-order valence-electron chi connectivity index (χ1n) is 7.73. The van der Waals surface area contributed by atoms with Gasteiger partial charge in [0.2, 0.25) is 0 Å². The number of unbranched alkanes of at least 4 members (excludes halogenated alkanes) is 1. The Morgan fingerprint density at radius 2 is 2.00 bits per heavy atom. The second-order valence-electron chi connectivity index (χ2n) is 5.37. The predicted molar refractivity (Wildman–Crippen MR) is 84.5 cm³/mol. The highest BCUT2D eigenvalue weighted by Crippen LogP contribution is 2.38. The number of nitrogens with zero attached hydrogens (tertiary/aromatic N) is 3. The first-order chi connectivity index (χ1) is 9.72. The summed E-state index contributed by atoms with van der Waals surface area (Å²) in [6, 6.07) is 1.82. The molecule has 1 heterocycles. The lowest BCUT2D eigenvalue weighted by molar-refractivity contribution is 0.298. The molecule has 1 aromatic rings. The van der Waals surface area contributed by atoms with Gasteiger partial charge in [-0.25, -0.2) is 9.97 Å². The molecule has 0 amide bonds. The number of anilines is 1. The second-order valence-corrected chi connectivity index (χ2v) is 5.76. The predicted octanol–water partition coefficient (Wildman–Crippen LogP) is 3.54. The molecule has 1 aliphatic rings. The summed E-state index contributed by atoms with van der Waals surface area (Å²) in [5.74, 6) is 2.31. The molecular weight excluding hydrogens is 272 g/mol. The quantitative estimate of drug-likeness (QED) is 0.559. The van der Waals surface area contributed by atoms with Crippen molar-refractivity contribution < 1.29 is 0 Å². The van der Waals surface area contributed by atoms with Crippen LogP contribution in [0.15, 0.2) is 6.07 Å². The van der Waals surface area contributed by atoms with Crippen LogP contribution in [0.25, 0.3) is 0 Å². The van der Waals surface area contributed by atoms with Crippen molar-refractivity contribution in [1.82, 2.24) is 14.9 Å². The summed E-state index contributed by atoms with van der Waals surface area (Å²) in [5, 5.41) is 3.91. The summed E-state index contributed by atoms with van der Waals surface area (Å²) in [6.45, 7) is 8.81. The molecule has 5 heteroatoms. The van der Waals surface area contributed by atoms with Gasteiger partial charge in [0.25, 0.3) is 0 Å². The van der Waals surface area contributed by atoms with Crippen LogP contribution in [0, 0.1) is 0 Å². The molecule has 1 saturated carbocycles. The molecule has 0 saturated heterocycles. The van der Waals surface area contributed by atoms with E-state index < -0.39 is 0 Å². The first-order valence-corrected chi connectivity index (χ1v) is 8.11. The molecule has 0 unspecified atom stereocenters. The van der Waals surface area contributed by atoms with Gasteiger partial charge in [-0.15, -0.1) is 0 Å². The Kier molecular flexibility index (Phi) is 6.05. The van der Waals surface area contributed by atoms with Gasteiger partial charge < -0.3 is 10.2 Å². The third kappa shape index (κ3) is 4.91. The highest BCUT2D eigenvalue weighted by molar-refractivity contribution is 6.29. The number of halogens is 1. The van der Waals surface area contributed by atoms with Crippen molar-refractivity contribution in [3.8, 4) is 0 Å². The lowest BCUT2D eigenvalue weighted by Crippen LogP contribution is -2.24. The molecule has 0 aliphatic heterocycles. The SMILES string of the molecule is CCN(CC)CCCCNc1cc(Cl)nc(C2CC2)n1. The van der Waals surface area contributed by atoms with E-state index in [2.05, 4.69) is 34.0 Å².